The first kappa shape index (κ1) is 17.1. The molecule has 2 rings (SSSR count). The Morgan fingerprint density at radius 1 is 1.26 bits per heavy atom. The summed E-state index contributed by atoms with van der Waals surface area (Å²) in [4.78, 5) is 16.4. The van der Waals surface area contributed by atoms with Gasteiger partial charge >= 0.3 is 0 Å². The molecule has 0 unspecified atom stereocenters. The molecular formula is C15H14ClFN4OS. The van der Waals surface area contributed by atoms with Crippen molar-refractivity contribution in [3.63, 3.8) is 0 Å². The van der Waals surface area contributed by atoms with E-state index in [9.17, 15) is 9.18 Å². The third kappa shape index (κ3) is 4.37. The maximum absolute atomic E-state index is 13.6. The number of hydrogen-bond donors (Lipinski definition) is 3. The van der Waals surface area contributed by atoms with E-state index in [2.05, 4.69) is 21.2 Å². The zero-order chi connectivity index (χ0) is 17.0. The van der Waals surface area contributed by atoms with Gasteiger partial charge in [-0.15, -0.1) is 0 Å². The van der Waals surface area contributed by atoms with Gasteiger partial charge < -0.3 is 5.32 Å². The highest BCUT2D eigenvalue weighted by molar-refractivity contribution is 7.80. The Kier molecular flexibility index (Phi) is 5.46. The van der Waals surface area contributed by atoms with Gasteiger partial charge in [-0.25, -0.2) is 9.37 Å². The van der Waals surface area contributed by atoms with Crippen molar-refractivity contribution in [1.82, 2.24) is 21.2 Å². The third-order valence-corrected chi connectivity index (χ3v) is 3.48. The molecule has 1 amide bonds. The maximum atomic E-state index is 13.6. The molecule has 0 bridgehead atoms. The monoisotopic (exact) mass is 352 g/mol. The molecule has 0 spiro atoms. The average molecular weight is 353 g/mol. The summed E-state index contributed by atoms with van der Waals surface area (Å²) in [6.45, 7) is 1.78. The van der Waals surface area contributed by atoms with E-state index in [0.29, 0.717) is 22.0 Å². The van der Waals surface area contributed by atoms with Crippen LogP contribution in [0.1, 0.15) is 16.1 Å². The van der Waals surface area contributed by atoms with Gasteiger partial charge in [-0.05, 0) is 54.5 Å². The van der Waals surface area contributed by atoms with Gasteiger partial charge in [0.05, 0.1) is 5.56 Å². The Balaban J connectivity index is 2.41. The van der Waals surface area contributed by atoms with Crippen molar-refractivity contribution in [3.8, 4) is 11.1 Å². The first-order valence-corrected chi connectivity index (χ1v) is 7.41. The van der Waals surface area contributed by atoms with E-state index in [-0.39, 0.29) is 10.7 Å². The standard InChI is InChI=1S/C15H14ClFN4OS/c1-8-5-9(6-13(16)19-8)11-4-3-10(17)7-12(11)14(22)20-21-15(23)18-2/h3-7H,1-2H3,(H,20,22)(H2,18,21,23). The summed E-state index contributed by atoms with van der Waals surface area (Å²) >= 11 is 10.8. The molecular weight excluding hydrogens is 339 g/mol. The van der Waals surface area contributed by atoms with E-state index in [1.54, 1.807) is 26.1 Å². The number of halogens is 2. The highest BCUT2D eigenvalue weighted by Crippen LogP contribution is 2.27. The SMILES string of the molecule is CNC(=S)NNC(=O)c1cc(F)ccc1-c1cc(C)nc(Cl)c1. The molecule has 1 heterocycles. The fraction of sp³-hybridized carbons (Fsp3) is 0.133. The van der Waals surface area contributed by atoms with Crippen LogP contribution in [0.3, 0.4) is 0 Å². The molecule has 120 valence electrons. The summed E-state index contributed by atoms with van der Waals surface area (Å²) in [5.41, 5.74) is 6.97. The summed E-state index contributed by atoms with van der Waals surface area (Å²) < 4.78 is 13.6. The van der Waals surface area contributed by atoms with Crippen LogP contribution < -0.4 is 16.2 Å². The summed E-state index contributed by atoms with van der Waals surface area (Å²) in [7, 11) is 1.61. The van der Waals surface area contributed by atoms with E-state index in [4.69, 9.17) is 23.8 Å². The quantitative estimate of drug-likeness (QED) is 0.440. The van der Waals surface area contributed by atoms with Gasteiger partial charge in [0.25, 0.3) is 5.91 Å². The molecule has 0 atom stereocenters. The predicted octanol–water partition coefficient (Wildman–Crippen LogP) is 2.59. The molecule has 0 saturated heterocycles. The number of carbonyl (C=O) groups excluding carboxylic acids is 1. The minimum atomic E-state index is -0.525. The lowest BCUT2D eigenvalue weighted by Crippen LogP contribution is -2.45. The Labute approximate surface area is 143 Å². The third-order valence-electron chi connectivity index (χ3n) is 2.98. The molecule has 0 aliphatic carbocycles. The number of hydrazine groups is 1. The van der Waals surface area contributed by atoms with E-state index in [1.807, 2.05) is 0 Å². The second-order valence-corrected chi connectivity index (χ2v) is 5.46. The summed E-state index contributed by atoms with van der Waals surface area (Å²) in [5.74, 6) is -1.05. The average Bonchev–Trinajstić information content (AvgIpc) is 2.51. The number of hydrogen-bond acceptors (Lipinski definition) is 3. The van der Waals surface area contributed by atoms with Crippen molar-refractivity contribution in [3.05, 3.63) is 52.6 Å². The number of benzene rings is 1. The second-order valence-electron chi connectivity index (χ2n) is 4.67. The number of rotatable bonds is 2. The molecule has 0 radical (unpaired) electrons. The van der Waals surface area contributed by atoms with Crippen molar-refractivity contribution in [2.45, 2.75) is 6.92 Å². The van der Waals surface area contributed by atoms with Gasteiger partial charge in [-0.3, -0.25) is 15.6 Å². The lowest BCUT2D eigenvalue weighted by molar-refractivity contribution is 0.0944. The topological polar surface area (TPSA) is 66.0 Å². The molecule has 3 N–H and O–H groups in total. The highest BCUT2D eigenvalue weighted by atomic mass is 35.5. The molecule has 5 nitrogen and oxygen atoms in total. The van der Waals surface area contributed by atoms with Crippen LogP contribution in [-0.2, 0) is 0 Å². The highest BCUT2D eigenvalue weighted by Gasteiger charge is 2.15. The van der Waals surface area contributed by atoms with Crippen LogP contribution in [0.4, 0.5) is 4.39 Å². The van der Waals surface area contributed by atoms with Crippen LogP contribution in [0.15, 0.2) is 30.3 Å². The molecule has 0 aliphatic heterocycles. The van der Waals surface area contributed by atoms with Gasteiger partial charge in [0.1, 0.15) is 11.0 Å². The van der Waals surface area contributed by atoms with Gasteiger partial charge in [-0.2, -0.15) is 0 Å². The molecule has 23 heavy (non-hydrogen) atoms. The van der Waals surface area contributed by atoms with Crippen molar-refractivity contribution in [1.29, 1.82) is 0 Å². The van der Waals surface area contributed by atoms with Crippen LogP contribution >= 0.6 is 23.8 Å². The first-order chi connectivity index (χ1) is 10.9. The largest absolute Gasteiger partial charge is 0.364 e. The Hall–Kier alpha value is -2.25. The van der Waals surface area contributed by atoms with Gasteiger partial charge in [0.2, 0.25) is 0 Å². The number of pyridine rings is 1. The van der Waals surface area contributed by atoms with Crippen LogP contribution in [0.25, 0.3) is 11.1 Å². The lowest BCUT2D eigenvalue weighted by Gasteiger charge is -2.13. The fourth-order valence-corrected chi connectivity index (χ4v) is 2.28. The van der Waals surface area contributed by atoms with Gasteiger partial charge in [0, 0.05) is 12.7 Å². The second kappa shape index (κ2) is 7.34. The van der Waals surface area contributed by atoms with Gasteiger partial charge in [-0.1, -0.05) is 17.7 Å². The predicted molar refractivity (Wildman–Crippen MR) is 91.6 cm³/mol. The van der Waals surface area contributed by atoms with Crippen molar-refractivity contribution in [2.24, 2.45) is 0 Å². The van der Waals surface area contributed by atoms with Crippen LogP contribution in [0.5, 0.6) is 0 Å². The van der Waals surface area contributed by atoms with E-state index >= 15 is 0 Å². The van der Waals surface area contributed by atoms with Gasteiger partial charge in [0.15, 0.2) is 5.11 Å². The molecule has 0 aliphatic rings. The van der Waals surface area contributed by atoms with E-state index < -0.39 is 11.7 Å². The smallest absolute Gasteiger partial charge is 0.270 e. The van der Waals surface area contributed by atoms with Crippen molar-refractivity contribution >= 4 is 34.8 Å². The van der Waals surface area contributed by atoms with Crippen molar-refractivity contribution in [2.75, 3.05) is 7.05 Å². The number of aromatic nitrogens is 1. The maximum Gasteiger partial charge on any atom is 0.270 e. The molecule has 8 heteroatoms. The summed E-state index contributed by atoms with van der Waals surface area (Å²) in [6.07, 6.45) is 0. The summed E-state index contributed by atoms with van der Waals surface area (Å²) in [6, 6.07) is 7.33. The number of nitrogens with zero attached hydrogens (tertiary/aromatic N) is 1. The molecule has 1 aromatic carbocycles. The fourth-order valence-electron chi connectivity index (χ4n) is 1.98. The first-order valence-electron chi connectivity index (χ1n) is 6.63. The Morgan fingerprint density at radius 3 is 2.65 bits per heavy atom. The van der Waals surface area contributed by atoms with E-state index in [1.165, 1.54) is 12.1 Å². The van der Waals surface area contributed by atoms with E-state index in [0.717, 1.165) is 6.07 Å². The number of aryl methyl sites for hydroxylation is 1. The molecule has 2 aromatic rings. The minimum Gasteiger partial charge on any atom is -0.364 e. The Morgan fingerprint density at radius 2 is 2.00 bits per heavy atom. The number of amides is 1. The van der Waals surface area contributed by atoms with Crippen LogP contribution in [0, 0.1) is 12.7 Å². The lowest BCUT2D eigenvalue weighted by atomic mass is 9.99. The minimum absolute atomic E-state index is 0.151. The molecule has 0 fully saturated rings. The normalized spacial score (nSPS) is 10.1. The number of thiocarbonyl (C=S) groups is 1. The molecule has 1 aromatic heterocycles. The number of nitrogens with one attached hydrogen (secondary N) is 3. The molecule has 0 saturated carbocycles. The van der Waals surface area contributed by atoms with Crippen LogP contribution in [-0.4, -0.2) is 23.1 Å². The Bertz CT molecular complexity index is 749. The summed E-state index contributed by atoms with van der Waals surface area (Å²) in [5, 5.41) is 3.18. The zero-order valence-corrected chi connectivity index (χ0v) is 14.0. The van der Waals surface area contributed by atoms with Crippen molar-refractivity contribution < 1.29 is 9.18 Å². The number of carbonyl (C=O) groups is 1. The zero-order valence-electron chi connectivity index (χ0n) is 12.4. The van der Waals surface area contributed by atoms with Crippen LogP contribution in [0.2, 0.25) is 5.15 Å².